The van der Waals surface area contributed by atoms with E-state index in [1.54, 1.807) is 24.3 Å². The summed E-state index contributed by atoms with van der Waals surface area (Å²) in [6, 6.07) is 9.79. The first kappa shape index (κ1) is 23.1. The van der Waals surface area contributed by atoms with Gasteiger partial charge in [0.05, 0.1) is 16.5 Å². The van der Waals surface area contributed by atoms with E-state index in [-0.39, 0.29) is 29.6 Å². The van der Waals surface area contributed by atoms with Gasteiger partial charge in [-0.05, 0) is 37.1 Å². The van der Waals surface area contributed by atoms with Gasteiger partial charge in [-0.1, -0.05) is 0 Å². The van der Waals surface area contributed by atoms with Crippen molar-refractivity contribution in [2.75, 3.05) is 39.6 Å². The third-order valence-corrected chi connectivity index (χ3v) is 8.32. The number of nitrogens with one attached hydrogen (secondary N) is 1. The van der Waals surface area contributed by atoms with E-state index in [0.29, 0.717) is 67.1 Å². The largest absolute Gasteiger partial charge is 0.486 e. The molecule has 10 nitrogen and oxygen atoms in total. The summed E-state index contributed by atoms with van der Waals surface area (Å²) in [5.41, 5.74) is 0.542. The van der Waals surface area contributed by atoms with Crippen LogP contribution in [0.4, 0.5) is 0 Å². The van der Waals surface area contributed by atoms with E-state index in [2.05, 4.69) is 4.98 Å². The van der Waals surface area contributed by atoms with Gasteiger partial charge in [-0.2, -0.15) is 4.31 Å². The van der Waals surface area contributed by atoms with E-state index in [1.165, 1.54) is 16.4 Å². The van der Waals surface area contributed by atoms with E-state index in [1.807, 2.05) is 0 Å². The Hall–Kier alpha value is -3.28. The number of nitrogens with zero attached hydrogens (tertiary/aromatic N) is 1. The molecule has 0 amide bonds. The van der Waals surface area contributed by atoms with Crippen molar-refractivity contribution in [1.29, 1.82) is 0 Å². The molecule has 0 radical (unpaired) electrons. The lowest BCUT2D eigenvalue weighted by atomic mass is 10.1. The van der Waals surface area contributed by atoms with Gasteiger partial charge in [-0.15, -0.1) is 0 Å². The summed E-state index contributed by atoms with van der Waals surface area (Å²) < 4.78 is 57.1. The summed E-state index contributed by atoms with van der Waals surface area (Å²) in [4.78, 5) is 15.9. The van der Waals surface area contributed by atoms with Crippen molar-refractivity contribution >= 4 is 20.9 Å². The third-order valence-electron chi connectivity index (χ3n) is 6.51. The Morgan fingerprint density at radius 2 is 1.56 bits per heavy atom. The van der Waals surface area contributed by atoms with Gasteiger partial charge >= 0.3 is 0 Å². The molecule has 1 saturated heterocycles. The number of pyridine rings is 1. The summed E-state index contributed by atoms with van der Waals surface area (Å²) in [7, 11) is -3.98. The van der Waals surface area contributed by atoms with Crippen molar-refractivity contribution in [3.63, 3.8) is 0 Å². The zero-order chi connectivity index (χ0) is 24.7. The highest BCUT2D eigenvalue weighted by Crippen LogP contribution is 2.35. The minimum absolute atomic E-state index is 0.0709. The van der Waals surface area contributed by atoms with Crippen LogP contribution in [-0.2, 0) is 21.3 Å². The van der Waals surface area contributed by atoms with Crippen molar-refractivity contribution in [2.24, 2.45) is 0 Å². The Labute approximate surface area is 207 Å². The number of fused-ring (bicyclic) bond motifs is 3. The number of sulfonamides is 1. The Kier molecular flexibility index (Phi) is 5.98. The van der Waals surface area contributed by atoms with Gasteiger partial charge < -0.3 is 28.7 Å². The highest BCUT2D eigenvalue weighted by molar-refractivity contribution is 7.89. The second-order valence-electron chi connectivity index (χ2n) is 8.94. The van der Waals surface area contributed by atoms with Crippen LogP contribution in [0.5, 0.6) is 23.0 Å². The predicted octanol–water partition coefficient (Wildman–Crippen LogP) is 2.44. The van der Waals surface area contributed by atoms with Crippen LogP contribution < -0.4 is 24.5 Å². The summed E-state index contributed by atoms with van der Waals surface area (Å²) >= 11 is 0. The molecule has 0 unspecified atom stereocenters. The van der Waals surface area contributed by atoms with Gasteiger partial charge in [0.2, 0.25) is 10.0 Å². The molecule has 3 aromatic rings. The van der Waals surface area contributed by atoms with Crippen LogP contribution in [0.3, 0.4) is 0 Å². The van der Waals surface area contributed by atoms with Gasteiger partial charge in [0.15, 0.2) is 23.0 Å². The number of rotatable bonds is 6. The minimum Gasteiger partial charge on any atom is -0.486 e. The molecule has 0 aliphatic carbocycles. The molecule has 0 saturated carbocycles. The number of benzene rings is 2. The smallest absolute Gasteiger partial charge is 0.252 e. The first-order chi connectivity index (χ1) is 17.5. The fourth-order valence-electron chi connectivity index (χ4n) is 4.69. The Morgan fingerprint density at radius 3 is 2.28 bits per heavy atom. The topological polar surface area (TPSA) is 116 Å². The molecular weight excluding hydrogens is 488 g/mol. The van der Waals surface area contributed by atoms with Crippen LogP contribution in [-0.4, -0.2) is 63.4 Å². The molecule has 6 rings (SSSR count). The average molecular weight is 515 g/mol. The third kappa shape index (κ3) is 4.38. The second kappa shape index (κ2) is 9.30. The van der Waals surface area contributed by atoms with E-state index in [9.17, 15) is 13.2 Å². The molecule has 11 heteroatoms. The van der Waals surface area contributed by atoms with Crippen LogP contribution in [0.15, 0.2) is 46.1 Å². The second-order valence-corrected chi connectivity index (χ2v) is 10.9. The molecule has 1 aromatic heterocycles. The van der Waals surface area contributed by atoms with Gasteiger partial charge in [0.1, 0.15) is 26.4 Å². The van der Waals surface area contributed by atoms with Gasteiger partial charge in [-0.25, -0.2) is 8.42 Å². The molecule has 4 heterocycles. The summed E-state index contributed by atoms with van der Waals surface area (Å²) in [6.45, 7) is 2.25. The molecule has 0 spiro atoms. The highest BCUT2D eigenvalue weighted by atomic mass is 32.2. The van der Waals surface area contributed by atoms with Crippen molar-refractivity contribution in [3.05, 3.63) is 52.3 Å². The number of aromatic amines is 1. The van der Waals surface area contributed by atoms with E-state index < -0.39 is 10.0 Å². The Morgan fingerprint density at radius 1 is 0.861 bits per heavy atom. The van der Waals surface area contributed by atoms with Crippen LogP contribution in [0.2, 0.25) is 0 Å². The van der Waals surface area contributed by atoms with Gasteiger partial charge in [-0.3, -0.25) is 4.79 Å². The zero-order valence-corrected chi connectivity index (χ0v) is 20.3. The lowest BCUT2D eigenvalue weighted by Crippen LogP contribution is -2.38. The molecular formula is C25H26N2O8S. The van der Waals surface area contributed by atoms with Crippen molar-refractivity contribution < 1.29 is 32.1 Å². The van der Waals surface area contributed by atoms with Gasteiger partial charge in [0, 0.05) is 42.8 Å². The molecule has 3 aliphatic heterocycles. The van der Waals surface area contributed by atoms with Crippen molar-refractivity contribution in [3.8, 4) is 23.0 Å². The highest BCUT2D eigenvalue weighted by Gasteiger charge is 2.31. The standard InChI is InChI=1S/C25H26N2O8S/c28-25-17(10-16-11-22-24(13-20(16)26-25)35-9-8-33-22)14-27(15-18-2-1-5-31-18)36(29,30)19-3-4-21-23(12-19)34-7-6-32-21/h3-4,10-13,18H,1-2,5-9,14-15H2,(H,26,28)/t18-/m0/s1. The van der Waals surface area contributed by atoms with Crippen molar-refractivity contribution in [1.82, 2.24) is 9.29 Å². The van der Waals surface area contributed by atoms with Crippen LogP contribution >= 0.6 is 0 Å². The lowest BCUT2D eigenvalue weighted by Gasteiger charge is -2.26. The molecule has 1 fully saturated rings. The molecule has 2 aromatic carbocycles. The maximum atomic E-state index is 13.8. The molecule has 3 aliphatic rings. The fourth-order valence-corrected chi connectivity index (χ4v) is 6.16. The maximum Gasteiger partial charge on any atom is 0.252 e. The SMILES string of the molecule is O=c1[nH]c2cc3c(cc2cc1CN(C[C@@H]1CCCO1)S(=O)(=O)c1ccc2c(c1)OCCO2)OCCO3. The first-order valence-corrected chi connectivity index (χ1v) is 13.4. The number of hydrogen-bond acceptors (Lipinski definition) is 8. The summed E-state index contributed by atoms with van der Waals surface area (Å²) in [6.07, 6.45) is 1.38. The number of ether oxygens (including phenoxy) is 5. The molecule has 1 N–H and O–H groups in total. The van der Waals surface area contributed by atoms with E-state index in [4.69, 9.17) is 23.7 Å². The maximum absolute atomic E-state index is 13.8. The van der Waals surface area contributed by atoms with E-state index >= 15 is 0 Å². The van der Waals surface area contributed by atoms with Gasteiger partial charge in [0.25, 0.3) is 5.56 Å². The molecule has 190 valence electrons. The number of aromatic nitrogens is 1. The quantitative estimate of drug-likeness (QED) is 0.533. The number of H-pyrrole nitrogens is 1. The Bertz CT molecular complexity index is 1460. The Balaban J connectivity index is 1.37. The average Bonchev–Trinajstić information content (AvgIpc) is 3.40. The lowest BCUT2D eigenvalue weighted by molar-refractivity contribution is 0.0925. The normalized spacial score (nSPS) is 19.1. The monoisotopic (exact) mass is 514 g/mol. The molecule has 0 bridgehead atoms. The first-order valence-electron chi connectivity index (χ1n) is 11.9. The van der Waals surface area contributed by atoms with Crippen LogP contribution in [0.25, 0.3) is 10.9 Å². The van der Waals surface area contributed by atoms with Crippen molar-refractivity contribution in [2.45, 2.75) is 30.4 Å². The predicted molar refractivity (Wildman–Crippen MR) is 130 cm³/mol. The summed E-state index contributed by atoms with van der Waals surface area (Å²) in [5, 5.41) is 0.725. The zero-order valence-electron chi connectivity index (χ0n) is 19.5. The van der Waals surface area contributed by atoms with Crippen LogP contribution in [0.1, 0.15) is 18.4 Å². The van der Waals surface area contributed by atoms with E-state index in [0.717, 1.165) is 18.2 Å². The molecule has 1 atom stereocenters. The molecule has 36 heavy (non-hydrogen) atoms. The summed E-state index contributed by atoms with van der Waals surface area (Å²) in [5.74, 6) is 2.05. The number of hydrogen-bond donors (Lipinski definition) is 1. The fraction of sp³-hybridized carbons (Fsp3) is 0.400. The van der Waals surface area contributed by atoms with Crippen LogP contribution in [0, 0.1) is 0 Å². The minimum atomic E-state index is -3.98.